The number of carbonyl (C=O) groups excluding carboxylic acids is 1. The Morgan fingerprint density at radius 1 is 1.19 bits per heavy atom. The predicted molar refractivity (Wildman–Crippen MR) is 106 cm³/mol. The summed E-state index contributed by atoms with van der Waals surface area (Å²) < 4.78 is 5.74. The van der Waals surface area contributed by atoms with Crippen LogP contribution in [-0.4, -0.2) is 66.9 Å². The molecule has 1 aliphatic rings. The molecule has 1 N–H and O–H groups in total. The van der Waals surface area contributed by atoms with E-state index in [0.717, 1.165) is 17.0 Å². The van der Waals surface area contributed by atoms with Crippen LogP contribution >= 0.6 is 15.9 Å². The van der Waals surface area contributed by atoms with E-state index in [4.69, 9.17) is 9.84 Å². The van der Waals surface area contributed by atoms with Crippen LogP contribution in [0.5, 0.6) is 5.75 Å². The third kappa shape index (κ3) is 4.76. The SMILES string of the molecule is COc1c(N2CCN(CC(=O)O)CC2)cc(C(=O)CBr)cc1C(C)(C)C. The first-order valence-electron chi connectivity index (χ1n) is 8.68. The lowest BCUT2D eigenvalue weighted by atomic mass is 9.84. The van der Waals surface area contributed by atoms with Crippen molar-refractivity contribution in [3.8, 4) is 5.75 Å². The number of alkyl halides is 1. The van der Waals surface area contributed by atoms with E-state index in [9.17, 15) is 9.59 Å². The highest BCUT2D eigenvalue weighted by Gasteiger charge is 2.28. The zero-order valence-electron chi connectivity index (χ0n) is 15.8. The minimum absolute atomic E-state index is 0.0314. The van der Waals surface area contributed by atoms with Crippen LogP contribution < -0.4 is 9.64 Å². The van der Waals surface area contributed by atoms with Gasteiger partial charge in [-0.1, -0.05) is 36.7 Å². The Labute approximate surface area is 163 Å². The van der Waals surface area contributed by atoms with Gasteiger partial charge in [0.05, 0.1) is 24.7 Å². The summed E-state index contributed by atoms with van der Waals surface area (Å²) >= 11 is 3.26. The fraction of sp³-hybridized carbons (Fsp3) is 0.579. The second kappa shape index (κ2) is 8.39. The fourth-order valence-electron chi connectivity index (χ4n) is 3.20. The van der Waals surface area contributed by atoms with Crippen molar-refractivity contribution >= 4 is 33.4 Å². The molecule has 2 rings (SSSR count). The van der Waals surface area contributed by atoms with E-state index in [1.54, 1.807) is 7.11 Å². The number of rotatable bonds is 6. The van der Waals surface area contributed by atoms with Crippen molar-refractivity contribution in [2.24, 2.45) is 0 Å². The van der Waals surface area contributed by atoms with Crippen LogP contribution in [0, 0.1) is 0 Å². The van der Waals surface area contributed by atoms with Crippen molar-refractivity contribution in [3.63, 3.8) is 0 Å². The molecule has 1 aromatic carbocycles. The van der Waals surface area contributed by atoms with Crippen molar-refractivity contribution in [3.05, 3.63) is 23.3 Å². The summed E-state index contributed by atoms with van der Waals surface area (Å²) in [6.45, 7) is 9.07. The van der Waals surface area contributed by atoms with Crippen LogP contribution in [0.3, 0.4) is 0 Å². The maximum absolute atomic E-state index is 12.3. The lowest BCUT2D eigenvalue weighted by Crippen LogP contribution is -2.48. The summed E-state index contributed by atoms with van der Waals surface area (Å²) in [6, 6.07) is 3.82. The van der Waals surface area contributed by atoms with Gasteiger partial charge in [-0.05, 0) is 17.5 Å². The van der Waals surface area contributed by atoms with E-state index >= 15 is 0 Å². The Hall–Kier alpha value is -1.60. The van der Waals surface area contributed by atoms with Gasteiger partial charge in [0.1, 0.15) is 5.75 Å². The van der Waals surface area contributed by atoms with E-state index < -0.39 is 5.97 Å². The lowest BCUT2D eigenvalue weighted by Gasteiger charge is -2.37. The summed E-state index contributed by atoms with van der Waals surface area (Å²) in [5, 5.41) is 9.24. The van der Waals surface area contributed by atoms with Crippen molar-refractivity contribution in [1.29, 1.82) is 0 Å². The fourth-order valence-corrected chi connectivity index (χ4v) is 3.52. The van der Waals surface area contributed by atoms with Crippen molar-refractivity contribution < 1.29 is 19.4 Å². The Bertz CT molecular complexity index is 677. The minimum atomic E-state index is -0.809. The molecule has 1 fully saturated rings. The molecular formula is C19H27BrN2O4. The van der Waals surface area contributed by atoms with Gasteiger partial charge in [-0.25, -0.2) is 0 Å². The van der Waals surface area contributed by atoms with Crippen LogP contribution in [0.4, 0.5) is 5.69 Å². The maximum atomic E-state index is 12.3. The van der Waals surface area contributed by atoms with Gasteiger partial charge in [0.25, 0.3) is 0 Å². The van der Waals surface area contributed by atoms with Gasteiger partial charge in [-0.15, -0.1) is 0 Å². The molecule has 6 nitrogen and oxygen atoms in total. The molecule has 1 aromatic rings. The summed E-state index contributed by atoms with van der Waals surface area (Å²) in [5.74, 6) is 0.00943. The predicted octanol–water partition coefficient (Wildman–Crippen LogP) is 2.78. The highest BCUT2D eigenvalue weighted by atomic mass is 79.9. The Kier molecular flexibility index (Phi) is 6.69. The molecule has 0 spiro atoms. The molecular weight excluding hydrogens is 400 g/mol. The number of ether oxygens (including phenoxy) is 1. The standard InChI is InChI=1S/C19H27BrN2O4/c1-19(2,3)14-9-13(16(23)11-20)10-15(18(14)26-4)22-7-5-21(6-8-22)12-17(24)25/h9-10H,5-8,11-12H2,1-4H3,(H,24,25). The van der Waals surface area contributed by atoms with Gasteiger partial charge in [-0.3, -0.25) is 14.5 Å². The molecule has 0 aliphatic carbocycles. The number of carboxylic acid groups (broad SMARTS) is 1. The number of Topliss-reactive ketones (excluding diaryl/α,β-unsaturated/α-hetero) is 1. The van der Waals surface area contributed by atoms with E-state index in [-0.39, 0.29) is 23.1 Å². The second-order valence-electron chi connectivity index (χ2n) is 7.54. The number of ketones is 1. The molecule has 144 valence electrons. The molecule has 7 heteroatoms. The number of methoxy groups -OCH3 is 1. The zero-order valence-corrected chi connectivity index (χ0v) is 17.4. The van der Waals surface area contributed by atoms with Gasteiger partial charge < -0.3 is 14.7 Å². The summed E-state index contributed by atoms with van der Waals surface area (Å²) in [4.78, 5) is 27.3. The molecule has 0 bridgehead atoms. The van der Waals surface area contributed by atoms with E-state index in [2.05, 4.69) is 41.6 Å². The van der Waals surface area contributed by atoms with Crippen molar-refractivity contribution in [2.45, 2.75) is 26.2 Å². The van der Waals surface area contributed by atoms with Crippen molar-refractivity contribution in [2.75, 3.05) is 50.1 Å². The Balaban J connectivity index is 2.40. The number of benzene rings is 1. The summed E-state index contributed by atoms with van der Waals surface area (Å²) in [6.07, 6.45) is 0. The van der Waals surface area contributed by atoms with Crippen LogP contribution in [-0.2, 0) is 10.2 Å². The number of halogens is 1. The first-order chi connectivity index (χ1) is 12.2. The molecule has 1 heterocycles. The lowest BCUT2D eigenvalue weighted by molar-refractivity contribution is -0.138. The van der Waals surface area contributed by atoms with Gasteiger partial charge in [0.2, 0.25) is 0 Å². The molecule has 0 amide bonds. The number of anilines is 1. The average molecular weight is 427 g/mol. The first kappa shape index (κ1) is 20.7. The normalized spacial score (nSPS) is 15.8. The number of piperazine rings is 1. The highest BCUT2D eigenvalue weighted by Crippen LogP contribution is 2.40. The Morgan fingerprint density at radius 3 is 2.27 bits per heavy atom. The molecule has 1 aliphatic heterocycles. The zero-order chi connectivity index (χ0) is 19.5. The van der Waals surface area contributed by atoms with Crippen LogP contribution in [0.2, 0.25) is 0 Å². The summed E-state index contributed by atoms with van der Waals surface area (Å²) in [7, 11) is 1.65. The van der Waals surface area contributed by atoms with Gasteiger partial charge >= 0.3 is 5.97 Å². The number of carboxylic acids is 1. The number of carbonyl (C=O) groups is 2. The number of nitrogens with zero attached hydrogens (tertiary/aromatic N) is 2. The van der Waals surface area contributed by atoms with Crippen molar-refractivity contribution in [1.82, 2.24) is 4.90 Å². The third-order valence-corrected chi connectivity index (χ3v) is 5.11. The molecule has 1 saturated heterocycles. The van der Waals surface area contributed by atoms with E-state index in [1.807, 2.05) is 17.0 Å². The summed E-state index contributed by atoms with van der Waals surface area (Å²) in [5.41, 5.74) is 2.39. The topological polar surface area (TPSA) is 70.1 Å². The second-order valence-corrected chi connectivity index (χ2v) is 8.10. The van der Waals surface area contributed by atoms with Crippen LogP contribution in [0.15, 0.2) is 12.1 Å². The van der Waals surface area contributed by atoms with E-state index in [1.165, 1.54) is 0 Å². The van der Waals surface area contributed by atoms with E-state index in [0.29, 0.717) is 31.7 Å². The minimum Gasteiger partial charge on any atom is -0.494 e. The Morgan fingerprint density at radius 2 is 1.81 bits per heavy atom. The van der Waals surface area contributed by atoms with Gasteiger partial charge in [-0.2, -0.15) is 0 Å². The van der Waals surface area contributed by atoms with Crippen LogP contribution in [0.25, 0.3) is 0 Å². The molecule has 0 saturated carbocycles. The smallest absolute Gasteiger partial charge is 0.317 e. The quantitative estimate of drug-likeness (QED) is 0.556. The average Bonchev–Trinajstić information content (AvgIpc) is 2.59. The number of hydrogen-bond acceptors (Lipinski definition) is 5. The maximum Gasteiger partial charge on any atom is 0.317 e. The number of hydrogen-bond donors (Lipinski definition) is 1. The third-order valence-electron chi connectivity index (χ3n) is 4.60. The largest absolute Gasteiger partial charge is 0.494 e. The monoisotopic (exact) mass is 426 g/mol. The molecule has 0 atom stereocenters. The van der Waals surface area contributed by atoms with Gasteiger partial charge in [0.15, 0.2) is 5.78 Å². The van der Waals surface area contributed by atoms with Crippen LogP contribution in [0.1, 0.15) is 36.7 Å². The highest BCUT2D eigenvalue weighted by molar-refractivity contribution is 9.09. The molecule has 0 aromatic heterocycles. The number of aliphatic carboxylic acids is 1. The van der Waals surface area contributed by atoms with Gasteiger partial charge in [0, 0.05) is 37.3 Å². The molecule has 26 heavy (non-hydrogen) atoms. The first-order valence-corrected chi connectivity index (χ1v) is 9.80. The molecule has 0 unspecified atom stereocenters. The molecule has 0 radical (unpaired) electrons.